The average molecular weight is 232 g/mol. The predicted molar refractivity (Wildman–Crippen MR) is 65.8 cm³/mol. The van der Waals surface area contributed by atoms with Crippen molar-refractivity contribution in [3.63, 3.8) is 0 Å². The van der Waals surface area contributed by atoms with Crippen LogP contribution >= 0.6 is 0 Å². The maximum Gasteiger partial charge on any atom is 0.325 e. The molecule has 0 aliphatic heterocycles. The van der Waals surface area contributed by atoms with Crippen LogP contribution in [0.15, 0.2) is 18.2 Å². The maximum atomic E-state index is 11.5. The summed E-state index contributed by atoms with van der Waals surface area (Å²) in [6, 6.07) is 5.19. The monoisotopic (exact) mass is 232 g/mol. The molecule has 17 heavy (non-hydrogen) atoms. The van der Waals surface area contributed by atoms with E-state index in [4.69, 9.17) is 0 Å². The SMILES string of the molecule is Cc1ccc(NC(=O)NC(=O)C2CC2)cc1C. The molecule has 0 radical (unpaired) electrons. The Labute approximate surface area is 100 Å². The molecule has 90 valence electrons. The Kier molecular flexibility index (Phi) is 3.13. The summed E-state index contributed by atoms with van der Waals surface area (Å²) in [5.41, 5.74) is 2.98. The smallest absolute Gasteiger partial charge is 0.308 e. The van der Waals surface area contributed by atoms with Gasteiger partial charge in [0.2, 0.25) is 5.91 Å². The van der Waals surface area contributed by atoms with Gasteiger partial charge in [-0.2, -0.15) is 0 Å². The molecule has 1 aromatic rings. The van der Waals surface area contributed by atoms with Crippen molar-refractivity contribution in [2.45, 2.75) is 26.7 Å². The first-order valence-electron chi connectivity index (χ1n) is 5.75. The van der Waals surface area contributed by atoms with Gasteiger partial charge in [0, 0.05) is 11.6 Å². The number of nitrogens with one attached hydrogen (secondary N) is 2. The van der Waals surface area contributed by atoms with Gasteiger partial charge < -0.3 is 5.32 Å². The molecule has 0 bridgehead atoms. The van der Waals surface area contributed by atoms with E-state index in [0.29, 0.717) is 5.69 Å². The highest BCUT2D eigenvalue weighted by molar-refractivity contribution is 6.02. The van der Waals surface area contributed by atoms with Crippen LogP contribution in [0.4, 0.5) is 10.5 Å². The fraction of sp³-hybridized carbons (Fsp3) is 0.385. The minimum atomic E-state index is -0.454. The number of benzene rings is 1. The van der Waals surface area contributed by atoms with Gasteiger partial charge in [-0.05, 0) is 49.9 Å². The number of hydrogen-bond acceptors (Lipinski definition) is 2. The van der Waals surface area contributed by atoms with E-state index in [1.54, 1.807) is 0 Å². The Morgan fingerprint density at radius 2 is 1.88 bits per heavy atom. The summed E-state index contributed by atoms with van der Waals surface area (Å²) in [6.07, 6.45) is 1.78. The molecule has 0 aromatic heterocycles. The average Bonchev–Trinajstić information content (AvgIpc) is 3.06. The summed E-state index contributed by atoms with van der Waals surface area (Å²) in [4.78, 5) is 22.9. The van der Waals surface area contributed by atoms with Gasteiger partial charge >= 0.3 is 6.03 Å². The predicted octanol–water partition coefficient (Wildman–Crippen LogP) is 2.36. The molecule has 0 spiro atoms. The minimum Gasteiger partial charge on any atom is -0.308 e. The number of carbonyl (C=O) groups is 2. The minimum absolute atomic E-state index is 0.0421. The highest BCUT2D eigenvalue weighted by Crippen LogP contribution is 2.28. The second kappa shape index (κ2) is 4.57. The standard InChI is InChI=1S/C13H16N2O2/c1-8-3-6-11(7-9(8)2)14-13(17)15-12(16)10-4-5-10/h3,6-7,10H,4-5H2,1-2H3,(H2,14,15,16,17). The van der Waals surface area contributed by atoms with Crippen molar-refractivity contribution in [3.8, 4) is 0 Å². The van der Waals surface area contributed by atoms with Crippen LogP contribution in [0.2, 0.25) is 0 Å². The van der Waals surface area contributed by atoms with Crippen molar-refractivity contribution in [1.29, 1.82) is 0 Å². The van der Waals surface area contributed by atoms with Crippen LogP contribution in [0, 0.1) is 19.8 Å². The van der Waals surface area contributed by atoms with Gasteiger partial charge in [-0.15, -0.1) is 0 Å². The number of imide groups is 1. The summed E-state index contributed by atoms with van der Waals surface area (Å²) in [5, 5.41) is 4.99. The third-order valence-corrected chi connectivity index (χ3v) is 2.95. The van der Waals surface area contributed by atoms with Crippen LogP contribution in [-0.4, -0.2) is 11.9 Å². The first kappa shape index (κ1) is 11.6. The van der Waals surface area contributed by atoms with Crippen LogP contribution in [0.25, 0.3) is 0 Å². The van der Waals surface area contributed by atoms with Gasteiger partial charge in [-0.3, -0.25) is 10.1 Å². The molecule has 1 aliphatic rings. The van der Waals surface area contributed by atoms with Crippen molar-refractivity contribution in [2.24, 2.45) is 5.92 Å². The van der Waals surface area contributed by atoms with E-state index in [0.717, 1.165) is 18.4 Å². The lowest BCUT2D eigenvalue weighted by molar-refractivity contribution is -0.121. The largest absolute Gasteiger partial charge is 0.325 e. The number of aryl methyl sites for hydroxylation is 2. The number of urea groups is 1. The van der Waals surface area contributed by atoms with Gasteiger partial charge in [-0.1, -0.05) is 6.07 Å². The molecule has 1 saturated carbocycles. The van der Waals surface area contributed by atoms with Gasteiger partial charge in [0.25, 0.3) is 0 Å². The zero-order valence-corrected chi connectivity index (χ0v) is 10.0. The molecule has 0 atom stereocenters. The topological polar surface area (TPSA) is 58.2 Å². The molecule has 1 aromatic carbocycles. The van der Waals surface area contributed by atoms with Crippen molar-refractivity contribution < 1.29 is 9.59 Å². The van der Waals surface area contributed by atoms with Crippen molar-refractivity contribution in [3.05, 3.63) is 29.3 Å². The second-order valence-corrected chi connectivity index (χ2v) is 4.52. The molecule has 1 fully saturated rings. The Balaban J connectivity index is 1.92. The van der Waals surface area contributed by atoms with Crippen molar-refractivity contribution >= 4 is 17.6 Å². The number of anilines is 1. The zero-order chi connectivity index (χ0) is 12.4. The molecule has 2 rings (SSSR count). The molecular weight excluding hydrogens is 216 g/mol. The third-order valence-electron chi connectivity index (χ3n) is 2.95. The zero-order valence-electron chi connectivity index (χ0n) is 10.0. The quantitative estimate of drug-likeness (QED) is 0.822. The molecule has 2 N–H and O–H groups in total. The van der Waals surface area contributed by atoms with Crippen LogP contribution in [0.1, 0.15) is 24.0 Å². The number of amides is 3. The first-order chi connectivity index (χ1) is 8.06. The number of rotatable bonds is 2. The summed E-state index contributed by atoms with van der Waals surface area (Å²) in [7, 11) is 0. The van der Waals surface area contributed by atoms with E-state index in [2.05, 4.69) is 10.6 Å². The second-order valence-electron chi connectivity index (χ2n) is 4.52. The third kappa shape index (κ3) is 3.06. The molecule has 1 aliphatic carbocycles. The van der Waals surface area contributed by atoms with Gasteiger partial charge in [-0.25, -0.2) is 4.79 Å². The summed E-state index contributed by atoms with van der Waals surface area (Å²) in [5.74, 6) is -0.133. The van der Waals surface area contributed by atoms with E-state index in [9.17, 15) is 9.59 Å². The number of hydrogen-bond donors (Lipinski definition) is 2. The van der Waals surface area contributed by atoms with Gasteiger partial charge in [0.15, 0.2) is 0 Å². The lowest BCUT2D eigenvalue weighted by atomic mass is 10.1. The van der Waals surface area contributed by atoms with Crippen molar-refractivity contribution in [2.75, 3.05) is 5.32 Å². The Bertz CT molecular complexity index is 464. The van der Waals surface area contributed by atoms with Crippen LogP contribution in [0.5, 0.6) is 0 Å². The summed E-state index contributed by atoms with van der Waals surface area (Å²) < 4.78 is 0. The first-order valence-corrected chi connectivity index (χ1v) is 5.75. The lowest BCUT2D eigenvalue weighted by Gasteiger charge is -2.08. The van der Waals surface area contributed by atoms with Crippen LogP contribution < -0.4 is 10.6 Å². The van der Waals surface area contributed by atoms with Crippen LogP contribution in [0.3, 0.4) is 0 Å². The number of carbonyl (C=O) groups excluding carboxylic acids is 2. The van der Waals surface area contributed by atoms with E-state index >= 15 is 0 Å². The molecule has 3 amide bonds. The highest BCUT2D eigenvalue weighted by atomic mass is 16.2. The van der Waals surface area contributed by atoms with E-state index in [-0.39, 0.29) is 11.8 Å². The fourth-order valence-corrected chi connectivity index (χ4v) is 1.54. The van der Waals surface area contributed by atoms with E-state index < -0.39 is 6.03 Å². The molecular formula is C13H16N2O2. The van der Waals surface area contributed by atoms with Crippen molar-refractivity contribution in [1.82, 2.24) is 5.32 Å². The van der Waals surface area contributed by atoms with Gasteiger partial charge in [0.05, 0.1) is 0 Å². The Morgan fingerprint density at radius 1 is 1.18 bits per heavy atom. The van der Waals surface area contributed by atoms with Gasteiger partial charge in [0.1, 0.15) is 0 Å². The molecule has 0 heterocycles. The normalized spacial score (nSPS) is 14.2. The molecule has 0 unspecified atom stereocenters. The molecule has 4 heteroatoms. The fourth-order valence-electron chi connectivity index (χ4n) is 1.54. The Hall–Kier alpha value is -1.84. The molecule has 0 saturated heterocycles. The van der Waals surface area contributed by atoms with E-state index in [1.807, 2.05) is 32.0 Å². The summed E-state index contributed by atoms with van der Waals surface area (Å²) >= 11 is 0. The van der Waals surface area contributed by atoms with Crippen LogP contribution in [-0.2, 0) is 4.79 Å². The lowest BCUT2D eigenvalue weighted by Crippen LogP contribution is -2.35. The maximum absolute atomic E-state index is 11.5. The Morgan fingerprint density at radius 3 is 2.47 bits per heavy atom. The highest BCUT2D eigenvalue weighted by Gasteiger charge is 2.30. The summed E-state index contributed by atoms with van der Waals surface area (Å²) in [6.45, 7) is 3.99. The van der Waals surface area contributed by atoms with E-state index in [1.165, 1.54) is 5.56 Å². The molecule has 4 nitrogen and oxygen atoms in total.